The van der Waals surface area contributed by atoms with Crippen LogP contribution < -0.4 is 5.48 Å². The van der Waals surface area contributed by atoms with Gasteiger partial charge in [0.2, 0.25) is 0 Å². The molecule has 5 nitrogen and oxygen atoms in total. The van der Waals surface area contributed by atoms with E-state index in [1.807, 2.05) is 19.9 Å². The molecule has 1 fully saturated rings. The molecule has 1 aromatic heterocycles. The first-order valence-electron chi connectivity index (χ1n) is 18.0. The third-order valence-corrected chi connectivity index (χ3v) is 10.4. The van der Waals surface area contributed by atoms with Crippen molar-refractivity contribution in [3.05, 3.63) is 99.6 Å². The van der Waals surface area contributed by atoms with E-state index in [2.05, 4.69) is 85.4 Å². The monoisotopic (exact) mass is 642 g/mol. The largest absolute Gasteiger partial charge is 0.344 e. The Morgan fingerprint density at radius 3 is 2.23 bits per heavy atom. The number of benzene rings is 4. The van der Waals surface area contributed by atoms with Gasteiger partial charge in [0, 0.05) is 51.8 Å². The van der Waals surface area contributed by atoms with E-state index in [0.717, 1.165) is 99.3 Å². The summed E-state index contributed by atoms with van der Waals surface area (Å²) in [6.45, 7) is 13.1. The topological polar surface area (TPSA) is 60.3 Å². The summed E-state index contributed by atoms with van der Waals surface area (Å²) in [7, 11) is 0. The zero-order chi connectivity index (χ0) is 33.9. The number of nitrogens with one attached hydrogen (secondary N) is 1. The molecule has 48 heavy (non-hydrogen) atoms. The molecular weight excluding hydrogens is 592 g/mol. The Bertz CT molecular complexity index is 2020. The molecule has 1 saturated carbocycles. The zero-order valence-electron chi connectivity index (χ0n) is 29.6. The van der Waals surface area contributed by atoms with E-state index in [4.69, 9.17) is 4.84 Å². The first-order chi connectivity index (χ1) is 23.2. The lowest BCUT2D eigenvalue weighted by atomic mass is 9.89. The SMILES string of the molecule is CCCCC(CC)Cn1c2ccc(C(NOC(C)=O)=C3CCCCC3)cc2c2cc(C(=O)c3c(C)cc(C)cc3C)c3ccccc3c21. The number of ketones is 1. The fraction of sp³-hybridized carbons (Fsp3) is 0.395. The van der Waals surface area contributed by atoms with Crippen molar-refractivity contribution < 1.29 is 14.4 Å². The van der Waals surface area contributed by atoms with Gasteiger partial charge in [-0.2, -0.15) is 0 Å². The quantitative estimate of drug-likeness (QED) is 0.115. The van der Waals surface area contributed by atoms with Gasteiger partial charge in [0.15, 0.2) is 5.78 Å². The maximum atomic E-state index is 14.6. The van der Waals surface area contributed by atoms with Crippen molar-refractivity contribution in [2.45, 2.75) is 106 Å². The van der Waals surface area contributed by atoms with Crippen molar-refractivity contribution >= 4 is 50.0 Å². The minimum absolute atomic E-state index is 0.0658. The van der Waals surface area contributed by atoms with E-state index in [-0.39, 0.29) is 11.8 Å². The van der Waals surface area contributed by atoms with Crippen molar-refractivity contribution in [2.75, 3.05) is 0 Å². The van der Waals surface area contributed by atoms with Crippen LogP contribution in [0.1, 0.15) is 117 Å². The van der Waals surface area contributed by atoms with Crippen molar-refractivity contribution in [1.82, 2.24) is 10.0 Å². The third kappa shape index (κ3) is 6.52. The van der Waals surface area contributed by atoms with Gasteiger partial charge in [-0.3, -0.25) is 9.59 Å². The summed E-state index contributed by atoms with van der Waals surface area (Å²) in [5.41, 5.74) is 13.3. The number of carbonyl (C=O) groups is 2. The van der Waals surface area contributed by atoms with Gasteiger partial charge in [-0.25, -0.2) is 5.48 Å². The number of nitrogens with zero attached hydrogens (tertiary/aromatic N) is 1. The summed E-state index contributed by atoms with van der Waals surface area (Å²) >= 11 is 0. The van der Waals surface area contributed by atoms with Crippen LogP contribution >= 0.6 is 0 Å². The Morgan fingerprint density at radius 2 is 1.56 bits per heavy atom. The molecule has 6 rings (SSSR count). The molecule has 4 aromatic carbocycles. The number of hydrogen-bond donors (Lipinski definition) is 1. The predicted molar refractivity (Wildman–Crippen MR) is 199 cm³/mol. The average Bonchev–Trinajstić information content (AvgIpc) is 3.38. The number of aryl methyl sites for hydroxylation is 3. The molecule has 0 aliphatic heterocycles. The maximum absolute atomic E-state index is 14.6. The fourth-order valence-corrected chi connectivity index (χ4v) is 8.03. The third-order valence-electron chi connectivity index (χ3n) is 10.4. The molecular formula is C43H50N2O3. The molecule has 1 aliphatic carbocycles. The molecule has 0 spiro atoms. The van der Waals surface area contributed by atoms with Crippen LogP contribution in [-0.2, 0) is 16.2 Å². The van der Waals surface area contributed by atoms with Crippen LogP contribution in [0.5, 0.6) is 0 Å². The van der Waals surface area contributed by atoms with Gasteiger partial charge in [0.25, 0.3) is 0 Å². The molecule has 0 radical (unpaired) electrons. The Labute approximate surface area is 285 Å². The number of unbranched alkanes of at least 4 members (excludes halogenated alkanes) is 1. The summed E-state index contributed by atoms with van der Waals surface area (Å²) < 4.78 is 2.52. The Balaban J connectivity index is 1.65. The molecule has 5 aromatic rings. The lowest BCUT2D eigenvalue weighted by Gasteiger charge is -2.20. The van der Waals surface area contributed by atoms with Crippen LogP contribution in [0.3, 0.4) is 0 Å². The average molecular weight is 643 g/mol. The number of hydroxylamine groups is 1. The van der Waals surface area contributed by atoms with Gasteiger partial charge in [-0.15, -0.1) is 0 Å². The molecule has 1 atom stereocenters. The normalized spacial score (nSPS) is 14.1. The predicted octanol–water partition coefficient (Wildman–Crippen LogP) is 11.1. The van der Waals surface area contributed by atoms with Crippen LogP contribution in [0.25, 0.3) is 38.3 Å². The number of aromatic nitrogens is 1. The highest BCUT2D eigenvalue weighted by molar-refractivity contribution is 6.26. The minimum Gasteiger partial charge on any atom is -0.344 e. The van der Waals surface area contributed by atoms with E-state index in [1.54, 1.807) is 0 Å². The van der Waals surface area contributed by atoms with Crippen LogP contribution in [0.15, 0.2) is 66.2 Å². The smallest absolute Gasteiger partial charge is 0.329 e. The molecule has 1 heterocycles. The van der Waals surface area contributed by atoms with Crippen LogP contribution in [-0.4, -0.2) is 16.3 Å². The molecule has 0 bridgehead atoms. The lowest BCUT2D eigenvalue weighted by molar-refractivity contribution is -0.145. The summed E-state index contributed by atoms with van der Waals surface area (Å²) in [5, 5.41) is 4.29. The number of rotatable bonds is 11. The standard InChI is InChI=1S/C43H50N2O3/c1-7-9-15-31(8-2)26-45-39-21-20-33(41(44-48-30(6)46)32-16-11-10-12-17-32)24-36(39)37-25-38(34-18-13-14-19-35(34)42(37)45)43(47)40-28(4)22-27(3)23-29(40)5/h13-14,18-25,31,44H,7-12,15-17,26H2,1-6H3. The number of fused-ring (bicyclic) bond motifs is 5. The minimum atomic E-state index is -0.365. The van der Waals surface area contributed by atoms with E-state index in [1.165, 1.54) is 49.2 Å². The summed E-state index contributed by atoms with van der Waals surface area (Å²) in [4.78, 5) is 31.9. The molecule has 5 heteroatoms. The molecule has 0 amide bonds. The molecule has 1 unspecified atom stereocenters. The summed E-state index contributed by atoms with van der Waals surface area (Å²) in [5.74, 6) is 0.249. The van der Waals surface area contributed by atoms with Gasteiger partial charge in [0.05, 0.1) is 11.2 Å². The highest BCUT2D eigenvalue weighted by Crippen LogP contribution is 2.40. The van der Waals surface area contributed by atoms with Gasteiger partial charge in [-0.1, -0.05) is 87.6 Å². The zero-order valence-corrected chi connectivity index (χ0v) is 29.6. The van der Waals surface area contributed by atoms with E-state index >= 15 is 0 Å². The maximum Gasteiger partial charge on any atom is 0.329 e. The molecule has 1 N–H and O–H groups in total. The summed E-state index contributed by atoms with van der Waals surface area (Å²) in [6, 6.07) is 21.5. The highest BCUT2D eigenvalue weighted by atomic mass is 16.7. The lowest BCUT2D eigenvalue weighted by Crippen LogP contribution is -2.19. The van der Waals surface area contributed by atoms with E-state index in [9.17, 15) is 9.59 Å². The number of allylic oxidation sites excluding steroid dienone is 1. The highest BCUT2D eigenvalue weighted by Gasteiger charge is 2.24. The molecule has 0 saturated heterocycles. The van der Waals surface area contributed by atoms with Crippen LogP contribution in [0.4, 0.5) is 0 Å². The Morgan fingerprint density at radius 1 is 0.854 bits per heavy atom. The number of hydrogen-bond acceptors (Lipinski definition) is 4. The van der Waals surface area contributed by atoms with Crippen molar-refractivity contribution in [1.29, 1.82) is 0 Å². The van der Waals surface area contributed by atoms with E-state index < -0.39 is 0 Å². The first kappa shape index (κ1) is 33.5. The van der Waals surface area contributed by atoms with Gasteiger partial charge < -0.3 is 9.40 Å². The summed E-state index contributed by atoms with van der Waals surface area (Å²) in [6.07, 6.45) is 10.2. The van der Waals surface area contributed by atoms with Crippen molar-refractivity contribution in [3.8, 4) is 0 Å². The van der Waals surface area contributed by atoms with E-state index in [0.29, 0.717) is 5.92 Å². The van der Waals surface area contributed by atoms with Gasteiger partial charge in [0.1, 0.15) is 0 Å². The molecule has 1 aliphatic rings. The Kier molecular flexibility index (Phi) is 10.1. The van der Waals surface area contributed by atoms with Crippen LogP contribution in [0, 0.1) is 26.7 Å². The fourth-order valence-electron chi connectivity index (χ4n) is 8.03. The second-order valence-corrected chi connectivity index (χ2v) is 14.0. The first-order valence-corrected chi connectivity index (χ1v) is 18.0. The molecule has 250 valence electrons. The number of carbonyl (C=O) groups excluding carboxylic acids is 2. The second-order valence-electron chi connectivity index (χ2n) is 14.0. The van der Waals surface area contributed by atoms with Gasteiger partial charge >= 0.3 is 5.97 Å². The van der Waals surface area contributed by atoms with Crippen LogP contribution in [0.2, 0.25) is 0 Å². The van der Waals surface area contributed by atoms with Crippen molar-refractivity contribution in [2.24, 2.45) is 5.92 Å². The van der Waals surface area contributed by atoms with Crippen molar-refractivity contribution in [3.63, 3.8) is 0 Å². The Hall–Kier alpha value is -4.38. The second kappa shape index (κ2) is 14.4. The van der Waals surface area contributed by atoms with Gasteiger partial charge in [-0.05, 0) is 99.1 Å².